The fourth-order valence-electron chi connectivity index (χ4n) is 10.4. The lowest BCUT2D eigenvalue weighted by atomic mass is 9.90. The molecule has 1 aliphatic heterocycles. The Kier molecular flexibility index (Phi) is 8.77. The third kappa shape index (κ3) is 4.27. The van der Waals surface area contributed by atoms with Crippen LogP contribution in [0.15, 0.2) is 0 Å². The molecule has 0 spiro atoms. The lowest BCUT2D eigenvalue weighted by molar-refractivity contribution is 0.388. The van der Waals surface area contributed by atoms with Crippen LogP contribution in [-0.2, 0) is 0 Å². The average Bonchev–Trinajstić information content (AvgIpc) is 2.99. The fraction of sp³-hybridized carbons (Fsp3) is 1.00. The highest BCUT2D eigenvalue weighted by Crippen LogP contribution is 2.73. The number of hydrogen-bond acceptors (Lipinski definition) is 0. The SMILES string of the molecule is CC(C)(C)[Si](C)(C)[Si]1([Si](C)(C)C(C)(C)C)CC2CCCCC2[Si]1([Si](C)(C)C(C)(C)C)[Si](C)(C)C(C)(C)C. The van der Waals surface area contributed by atoms with E-state index >= 15 is 0 Å². The van der Waals surface area contributed by atoms with Gasteiger partial charge in [0.2, 0.25) is 0 Å². The molecule has 0 amide bonds. The topological polar surface area (TPSA) is 0 Å². The second-order valence-corrected chi connectivity index (χ2v) is 82.4. The third-order valence-corrected chi connectivity index (χ3v) is 155. The summed E-state index contributed by atoms with van der Waals surface area (Å²) in [6.45, 7) is 53.7. The summed E-state index contributed by atoms with van der Waals surface area (Å²) in [4.78, 5) is 0. The van der Waals surface area contributed by atoms with Gasteiger partial charge in [0.25, 0.3) is 0 Å². The molecule has 0 aromatic heterocycles. The van der Waals surface area contributed by atoms with E-state index < -0.39 is 43.6 Å². The quantitative estimate of drug-likeness (QED) is 0.277. The van der Waals surface area contributed by atoms with Crippen LogP contribution in [0.3, 0.4) is 0 Å². The van der Waals surface area contributed by atoms with Crippen molar-refractivity contribution >= 4 is 43.6 Å². The Balaban J connectivity index is 3.46. The fourth-order valence-corrected chi connectivity index (χ4v) is 248. The lowest BCUT2D eigenvalue weighted by Crippen LogP contribution is -3.00. The molecule has 0 aromatic carbocycles. The first kappa shape index (κ1) is 34.5. The molecule has 0 aromatic rings. The first-order chi connectivity index (χ1) is 16.0. The zero-order valence-corrected chi connectivity index (χ0v) is 35.7. The molecule has 0 N–H and O–H groups in total. The van der Waals surface area contributed by atoms with Crippen LogP contribution in [0.1, 0.15) is 109 Å². The summed E-state index contributed by atoms with van der Waals surface area (Å²) >= 11 is 0. The van der Waals surface area contributed by atoms with Crippen molar-refractivity contribution in [2.45, 2.75) is 193 Å². The maximum absolute atomic E-state index is 3.04. The van der Waals surface area contributed by atoms with E-state index in [1.807, 2.05) is 0 Å². The Morgan fingerprint density at radius 2 is 0.757 bits per heavy atom. The molecule has 6 heteroatoms. The van der Waals surface area contributed by atoms with Crippen molar-refractivity contribution in [3.63, 3.8) is 0 Å². The Morgan fingerprint density at radius 3 is 1.05 bits per heavy atom. The number of fused-ring (bicyclic) bond motifs is 1. The Labute approximate surface area is 241 Å². The second kappa shape index (κ2) is 9.40. The monoisotopic (exact) mass is 612 g/mol. The molecule has 220 valence electrons. The van der Waals surface area contributed by atoms with Gasteiger partial charge in [-0.05, 0) is 31.6 Å². The molecule has 0 bridgehead atoms. The molecule has 2 unspecified atom stereocenters. The van der Waals surface area contributed by atoms with E-state index in [1.165, 1.54) is 6.42 Å². The highest BCUT2D eigenvalue weighted by molar-refractivity contribution is 8.10. The van der Waals surface area contributed by atoms with Crippen LogP contribution in [-0.4, -0.2) is 43.6 Å². The Bertz CT molecular complexity index is 787. The molecule has 1 saturated carbocycles. The minimum Gasteiger partial charge on any atom is -0.0713 e. The Hall–Kier alpha value is 1.30. The van der Waals surface area contributed by atoms with Crippen molar-refractivity contribution in [1.82, 2.24) is 0 Å². The van der Waals surface area contributed by atoms with Gasteiger partial charge < -0.3 is 0 Å². The number of hydrogen-bond donors (Lipinski definition) is 0. The van der Waals surface area contributed by atoms with Crippen LogP contribution >= 0.6 is 0 Å². The van der Waals surface area contributed by atoms with Crippen LogP contribution in [0.5, 0.6) is 0 Å². The highest BCUT2D eigenvalue weighted by atomic mass is 30.2. The summed E-state index contributed by atoms with van der Waals surface area (Å²) in [5.74, 6) is 1.08. The molecule has 2 rings (SSSR count). The van der Waals surface area contributed by atoms with Crippen molar-refractivity contribution in [3.8, 4) is 0 Å². The minimum atomic E-state index is -1.75. The van der Waals surface area contributed by atoms with Gasteiger partial charge in [0, 0.05) is 43.6 Å². The summed E-state index contributed by atoms with van der Waals surface area (Å²) in [7, 11) is -6.59. The van der Waals surface area contributed by atoms with Crippen LogP contribution in [0.2, 0.25) is 84.1 Å². The van der Waals surface area contributed by atoms with Gasteiger partial charge in [0.05, 0.1) is 0 Å². The van der Waals surface area contributed by atoms with Gasteiger partial charge in [-0.25, -0.2) is 0 Å². The largest absolute Gasteiger partial charge is 0.0713 e. The van der Waals surface area contributed by atoms with Gasteiger partial charge in [-0.2, -0.15) is 0 Å². The van der Waals surface area contributed by atoms with E-state index in [4.69, 9.17) is 0 Å². The third-order valence-electron chi connectivity index (χ3n) is 15.3. The molecule has 0 radical (unpaired) electrons. The van der Waals surface area contributed by atoms with Crippen LogP contribution < -0.4 is 0 Å². The van der Waals surface area contributed by atoms with E-state index in [2.05, 4.69) is 135 Å². The molecule has 1 saturated heterocycles. The smallest absolute Gasteiger partial charge is 0.0419 e. The first-order valence-corrected chi connectivity index (χ1v) is 37.2. The van der Waals surface area contributed by atoms with Crippen molar-refractivity contribution in [3.05, 3.63) is 0 Å². The maximum Gasteiger partial charge on any atom is 0.0419 e. The first-order valence-electron chi connectivity index (χ1n) is 16.0. The molecule has 1 heterocycles. The molecular weight excluding hydrogens is 541 g/mol. The van der Waals surface area contributed by atoms with E-state index in [-0.39, 0.29) is 0 Å². The van der Waals surface area contributed by atoms with Gasteiger partial charge in [0.1, 0.15) is 0 Å². The highest BCUT2D eigenvalue weighted by Gasteiger charge is 2.86. The summed E-state index contributed by atoms with van der Waals surface area (Å²) in [5, 5.41) is 1.96. The maximum atomic E-state index is 3.04. The molecule has 2 fully saturated rings. The number of rotatable bonds is 4. The normalized spacial score (nSPS) is 26.3. The molecule has 2 aliphatic rings. The van der Waals surface area contributed by atoms with Gasteiger partial charge in [0.15, 0.2) is 0 Å². The zero-order chi connectivity index (χ0) is 29.7. The minimum absolute atomic E-state index is 0.490. The van der Waals surface area contributed by atoms with Crippen molar-refractivity contribution in [2.24, 2.45) is 5.92 Å². The predicted octanol–water partition coefficient (Wildman–Crippen LogP) is 11.9. The van der Waals surface area contributed by atoms with E-state index in [0.717, 1.165) is 11.5 Å². The van der Waals surface area contributed by atoms with Crippen LogP contribution in [0, 0.1) is 5.92 Å². The molecular formula is C31H72Si6. The molecule has 0 nitrogen and oxygen atoms in total. The van der Waals surface area contributed by atoms with Crippen LogP contribution in [0.25, 0.3) is 0 Å². The van der Waals surface area contributed by atoms with Gasteiger partial charge in [-0.3, -0.25) is 0 Å². The zero-order valence-electron chi connectivity index (χ0n) is 29.7. The van der Waals surface area contributed by atoms with Crippen molar-refractivity contribution < 1.29 is 0 Å². The van der Waals surface area contributed by atoms with Gasteiger partial charge >= 0.3 is 0 Å². The van der Waals surface area contributed by atoms with Gasteiger partial charge in [-0.1, -0.05) is 167 Å². The summed E-state index contributed by atoms with van der Waals surface area (Å²) in [6.07, 6.45) is 6.27. The summed E-state index contributed by atoms with van der Waals surface area (Å²) in [5.41, 5.74) is 1.15. The molecule has 2 atom stereocenters. The summed E-state index contributed by atoms with van der Waals surface area (Å²) < 4.78 is 0. The van der Waals surface area contributed by atoms with Crippen LogP contribution in [0.4, 0.5) is 0 Å². The predicted molar refractivity (Wildman–Crippen MR) is 191 cm³/mol. The van der Waals surface area contributed by atoms with E-state index in [9.17, 15) is 0 Å². The second-order valence-electron chi connectivity index (χ2n) is 20.1. The lowest BCUT2D eigenvalue weighted by Gasteiger charge is -2.76. The van der Waals surface area contributed by atoms with Crippen molar-refractivity contribution in [2.75, 3.05) is 0 Å². The van der Waals surface area contributed by atoms with E-state index in [1.54, 1.807) is 25.3 Å². The standard InChI is InChI=1S/C31H72Si6/c1-28(2,3)32(13,14)36(33(15,16)29(4,5)6)25-26-23-21-22-24-27(26)37(36,34(17,18)30(7,8)9)35(19,20)31(10,11)12/h26-27H,21-25H2,1-20H3. The molecule has 1 aliphatic carbocycles. The average molecular weight is 613 g/mol. The van der Waals surface area contributed by atoms with Gasteiger partial charge in [-0.15, -0.1) is 0 Å². The molecule has 37 heavy (non-hydrogen) atoms. The Morgan fingerprint density at radius 1 is 0.459 bits per heavy atom. The van der Waals surface area contributed by atoms with Crippen molar-refractivity contribution in [1.29, 1.82) is 0 Å². The van der Waals surface area contributed by atoms with E-state index in [0.29, 0.717) is 20.2 Å². The summed E-state index contributed by atoms with van der Waals surface area (Å²) in [6, 6.07) is 1.77.